The number of anilines is 1. The SMILES string of the molecule is NC1=C(C(=O)N2CCCc3ccccc32)C=CS1(=O)=O. The van der Waals surface area contributed by atoms with Crippen molar-refractivity contribution in [1.82, 2.24) is 0 Å². The van der Waals surface area contributed by atoms with Gasteiger partial charge in [-0.05, 0) is 30.5 Å². The largest absolute Gasteiger partial charge is 0.389 e. The van der Waals surface area contributed by atoms with Gasteiger partial charge in [0, 0.05) is 17.6 Å². The second-order valence-electron chi connectivity index (χ2n) is 4.81. The van der Waals surface area contributed by atoms with Crippen LogP contribution in [0.1, 0.15) is 12.0 Å². The number of rotatable bonds is 1. The van der Waals surface area contributed by atoms with E-state index in [4.69, 9.17) is 5.73 Å². The zero-order valence-electron chi connectivity index (χ0n) is 10.7. The third kappa shape index (κ3) is 1.92. The van der Waals surface area contributed by atoms with Crippen LogP contribution in [0, 0.1) is 0 Å². The highest BCUT2D eigenvalue weighted by molar-refractivity contribution is 7.98. The van der Waals surface area contributed by atoms with E-state index >= 15 is 0 Å². The van der Waals surface area contributed by atoms with Crippen molar-refractivity contribution in [1.29, 1.82) is 0 Å². The number of hydrogen-bond donors (Lipinski definition) is 1. The number of nitrogens with zero attached hydrogens (tertiary/aromatic N) is 1. The smallest absolute Gasteiger partial charge is 0.261 e. The van der Waals surface area contributed by atoms with Crippen molar-refractivity contribution in [3.05, 3.63) is 51.9 Å². The molecule has 0 bridgehead atoms. The number of nitrogens with two attached hydrogens (primary N) is 1. The van der Waals surface area contributed by atoms with E-state index in [0.29, 0.717) is 6.54 Å². The number of carbonyl (C=O) groups excluding carboxylic acids is 1. The van der Waals surface area contributed by atoms with Gasteiger partial charge in [-0.3, -0.25) is 4.79 Å². The molecule has 1 aromatic carbocycles. The number of aryl methyl sites for hydroxylation is 1. The van der Waals surface area contributed by atoms with Crippen molar-refractivity contribution in [3.63, 3.8) is 0 Å². The third-order valence-corrected chi connectivity index (χ3v) is 4.90. The molecule has 2 aliphatic rings. The monoisotopic (exact) mass is 290 g/mol. The number of amides is 1. The van der Waals surface area contributed by atoms with Gasteiger partial charge in [-0.2, -0.15) is 0 Å². The summed E-state index contributed by atoms with van der Waals surface area (Å²) in [6.45, 7) is 0.570. The Kier molecular flexibility index (Phi) is 2.90. The van der Waals surface area contributed by atoms with Crippen LogP contribution < -0.4 is 10.6 Å². The molecule has 0 radical (unpaired) electrons. The highest BCUT2D eigenvalue weighted by atomic mass is 32.2. The molecule has 0 spiro atoms. The van der Waals surface area contributed by atoms with E-state index in [1.807, 2.05) is 24.3 Å². The molecular weight excluding hydrogens is 276 g/mol. The van der Waals surface area contributed by atoms with Crippen molar-refractivity contribution in [2.45, 2.75) is 12.8 Å². The first-order valence-electron chi connectivity index (χ1n) is 6.33. The van der Waals surface area contributed by atoms with E-state index in [2.05, 4.69) is 0 Å². The summed E-state index contributed by atoms with van der Waals surface area (Å²) in [6, 6.07) is 7.65. The minimum atomic E-state index is -3.61. The van der Waals surface area contributed by atoms with Gasteiger partial charge in [0.1, 0.15) is 5.03 Å². The maximum Gasteiger partial charge on any atom is 0.261 e. The Balaban J connectivity index is 2.02. The van der Waals surface area contributed by atoms with E-state index in [9.17, 15) is 13.2 Å². The minimum Gasteiger partial charge on any atom is -0.389 e. The maximum absolute atomic E-state index is 12.5. The summed E-state index contributed by atoms with van der Waals surface area (Å²) < 4.78 is 23.1. The standard InChI is InChI=1S/C14H14N2O3S/c15-13-11(7-9-20(13,18)19)14(17)16-8-3-5-10-4-1-2-6-12(10)16/h1-2,4,6-7,9H,3,5,8,15H2. The summed E-state index contributed by atoms with van der Waals surface area (Å²) in [5.74, 6) is -0.355. The van der Waals surface area contributed by atoms with Crippen molar-refractivity contribution in [2.75, 3.05) is 11.4 Å². The molecule has 0 saturated carbocycles. The predicted octanol–water partition coefficient (Wildman–Crippen LogP) is 1.08. The van der Waals surface area contributed by atoms with E-state index in [-0.39, 0.29) is 16.5 Å². The number of carbonyl (C=O) groups is 1. The van der Waals surface area contributed by atoms with Crippen LogP contribution in [0.2, 0.25) is 0 Å². The van der Waals surface area contributed by atoms with Gasteiger partial charge in [0.25, 0.3) is 5.91 Å². The molecule has 6 heteroatoms. The second-order valence-corrected chi connectivity index (χ2v) is 6.62. The van der Waals surface area contributed by atoms with Gasteiger partial charge in [-0.25, -0.2) is 8.42 Å². The third-order valence-electron chi connectivity index (χ3n) is 3.57. The molecule has 3 rings (SSSR count). The lowest BCUT2D eigenvalue weighted by molar-refractivity contribution is -0.114. The van der Waals surface area contributed by atoms with Crippen LogP contribution in [-0.4, -0.2) is 20.9 Å². The van der Waals surface area contributed by atoms with Gasteiger partial charge in [0.05, 0.1) is 5.57 Å². The lowest BCUT2D eigenvalue weighted by atomic mass is 10.0. The average molecular weight is 290 g/mol. The number of sulfone groups is 1. The molecule has 5 nitrogen and oxygen atoms in total. The number of fused-ring (bicyclic) bond motifs is 1. The Morgan fingerprint density at radius 1 is 1.25 bits per heavy atom. The molecule has 20 heavy (non-hydrogen) atoms. The molecule has 1 amide bonds. The van der Waals surface area contributed by atoms with Gasteiger partial charge in [-0.15, -0.1) is 0 Å². The molecule has 2 aliphatic heterocycles. The number of para-hydroxylation sites is 1. The van der Waals surface area contributed by atoms with E-state index in [0.717, 1.165) is 29.5 Å². The van der Waals surface area contributed by atoms with Gasteiger partial charge in [0.2, 0.25) is 9.84 Å². The molecule has 104 valence electrons. The zero-order chi connectivity index (χ0) is 14.3. The lowest BCUT2D eigenvalue weighted by Crippen LogP contribution is -2.36. The summed E-state index contributed by atoms with van der Waals surface area (Å²) >= 11 is 0. The Hall–Kier alpha value is -2.08. The van der Waals surface area contributed by atoms with Crippen LogP contribution in [0.3, 0.4) is 0 Å². The molecule has 0 fully saturated rings. The molecule has 2 heterocycles. The molecule has 2 N–H and O–H groups in total. The predicted molar refractivity (Wildman–Crippen MR) is 76.4 cm³/mol. The Bertz CT molecular complexity index is 747. The van der Waals surface area contributed by atoms with Crippen LogP contribution >= 0.6 is 0 Å². The highest BCUT2D eigenvalue weighted by Gasteiger charge is 2.31. The zero-order valence-corrected chi connectivity index (χ0v) is 11.6. The number of hydrogen-bond acceptors (Lipinski definition) is 4. The molecule has 0 aliphatic carbocycles. The lowest BCUT2D eigenvalue weighted by Gasteiger charge is -2.29. The minimum absolute atomic E-state index is 0.0571. The molecular formula is C14H14N2O3S. The van der Waals surface area contributed by atoms with Crippen molar-refractivity contribution < 1.29 is 13.2 Å². The second kappa shape index (κ2) is 4.49. The summed E-state index contributed by atoms with van der Waals surface area (Å²) in [5.41, 5.74) is 7.55. The first kappa shape index (κ1) is 12.9. The van der Waals surface area contributed by atoms with Crippen molar-refractivity contribution >= 4 is 21.4 Å². The maximum atomic E-state index is 12.5. The van der Waals surface area contributed by atoms with Gasteiger partial charge in [0.15, 0.2) is 0 Å². The molecule has 0 atom stereocenters. The van der Waals surface area contributed by atoms with E-state index in [1.54, 1.807) is 4.90 Å². The highest BCUT2D eigenvalue weighted by Crippen LogP contribution is 2.30. The van der Waals surface area contributed by atoms with Gasteiger partial charge in [-0.1, -0.05) is 18.2 Å². The Labute approximate surface area is 117 Å². The summed E-state index contributed by atoms with van der Waals surface area (Å²) in [4.78, 5) is 14.1. The fourth-order valence-electron chi connectivity index (χ4n) is 2.53. The molecule has 0 unspecified atom stereocenters. The van der Waals surface area contributed by atoms with Crippen LogP contribution in [0.5, 0.6) is 0 Å². The Morgan fingerprint density at radius 3 is 2.70 bits per heavy atom. The fraction of sp³-hybridized carbons (Fsp3) is 0.214. The normalized spacial score (nSPS) is 20.1. The van der Waals surface area contributed by atoms with Gasteiger partial charge < -0.3 is 10.6 Å². The van der Waals surface area contributed by atoms with Gasteiger partial charge >= 0.3 is 0 Å². The molecule has 0 aromatic heterocycles. The quantitative estimate of drug-likeness (QED) is 0.839. The average Bonchev–Trinajstić information content (AvgIpc) is 2.72. The number of benzene rings is 1. The first-order chi connectivity index (χ1) is 9.50. The van der Waals surface area contributed by atoms with E-state index < -0.39 is 9.84 Å². The summed E-state index contributed by atoms with van der Waals surface area (Å²) in [6.07, 6.45) is 3.05. The first-order valence-corrected chi connectivity index (χ1v) is 7.88. The van der Waals surface area contributed by atoms with Crippen molar-refractivity contribution in [3.8, 4) is 0 Å². The Morgan fingerprint density at radius 2 is 2.00 bits per heavy atom. The van der Waals surface area contributed by atoms with Crippen LogP contribution in [-0.2, 0) is 21.1 Å². The summed E-state index contributed by atoms with van der Waals surface area (Å²) in [7, 11) is -3.61. The van der Waals surface area contributed by atoms with Crippen LogP contribution in [0.4, 0.5) is 5.69 Å². The fourth-order valence-corrected chi connectivity index (χ4v) is 3.46. The summed E-state index contributed by atoms with van der Waals surface area (Å²) in [5, 5.41) is 0.622. The van der Waals surface area contributed by atoms with Crippen molar-refractivity contribution in [2.24, 2.45) is 5.73 Å². The molecule has 0 saturated heterocycles. The topological polar surface area (TPSA) is 80.5 Å². The van der Waals surface area contributed by atoms with E-state index in [1.165, 1.54) is 6.08 Å². The van der Waals surface area contributed by atoms with Crippen LogP contribution in [0.25, 0.3) is 0 Å². The molecule has 1 aromatic rings. The van der Waals surface area contributed by atoms with Crippen LogP contribution in [0.15, 0.2) is 46.4 Å².